The van der Waals surface area contributed by atoms with Gasteiger partial charge in [-0.15, -0.1) is 11.3 Å². The Balaban J connectivity index is 1.49. The first-order chi connectivity index (χ1) is 13.6. The van der Waals surface area contributed by atoms with Crippen LogP contribution in [-0.2, 0) is 11.2 Å². The number of amides is 2. The molecule has 1 fully saturated rings. The molecule has 0 radical (unpaired) electrons. The third-order valence-electron chi connectivity index (χ3n) is 4.73. The number of hydrogen-bond donors (Lipinski definition) is 1. The predicted octanol–water partition coefficient (Wildman–Crippen LogP) is 4.42. The Bertz CT molecular complexity index is 1010. The Morgan fingerprint density at radius 3 is 2.75 bits per heavy atom. The number of thiazole rings is 1. The second-order valence-electron chi connectivity index (χ2n) is 6.84. The first-order valence-corrected chi connectivity index (χ1v) is 10.1. The molecule has 1 aliphatic rings. The van der Waals surface area contributed by atoms with E-state index in [1.165, 1.54) is 16.9 Å². The van der Waals surface area contributed by atoms with Gasteiger partial charge in [0.05, 0.1) is 10.7 Å². The fourth-order valence-corrected chi connectivity index (χ4v) is 4.36. The van der Waals surface area contributed by atoms with Crippen LogP contribution in [0.5, 0.6) is 0 Å². The number of hydrogen-bond acceptors (Lipinski definition) is 4. The number of benzene rings is 2. The number of nitrogens with zero attached hydrogens (tertiary/aromatic N) is 2. The third-order valence-corrected chi connectivity index (χ3v) is 5.89. The SMILES string of the molecule is Cc1nc(Cc2ccccc2)sc1C(=O)Nc1cccc(N2CCCC2=O)c1. The van der Waals surface area contributed by atoms with E-state index in [1.807, 2.05) is 49.4 Å². The number of rotatable bonds is 5. The number of carbonyl (C=O) groups excluding carboxylic acids is 2. The van der Waals surface area contributed by atoms with Crippen LogP contribution in [0.25, 0.3) is 0 Å². The van der Waals surface area contributed by atoms with Gasteiger partial charge in [-0.05, 0) is 37.1 Å². The van der Waals surface area contributed by atoms with Crippen molar-refractivity contribution in [3.05, 3.63) is 75.7 Å². The first-order valence-electron chi connectivity index (χ1n) is 9.32. The Morgan fingerprint density at radius 2 is 2.00 bits per heavy atom. The summed E-state index contributed by atoms with van der Waals surface area (Å²) in [5.74, 6) is -0.0356. The molecular formula is C22H21N3O2S. The molecule has 1 N–H and O–H groups in total. The number of anilines is 2. The summed E-state index contributed by atoms with van der Waals surface area (Å²) in [6.07, 6.45) is 2.17. The Kier molecular flexibility index (Phi) is 5.21. The molecule has 6 heteroatoms. The molecule has 3 aromatic rings. The van der Waals surface area contributed by atoms with E-state index < -0.39 is 0 Å². The minimum Gasteiger partial charge on any atom is -0.321 e. The van der Waals surface area contributed by atoms with Crippen LogP contribution in [0.15, 0.2) is 54.6 Å². The van der Waals surface area contributed by atoms with Gasteiger partial charge in [-0.25, -0.2) is 4.98 Å². The summed E-state index contributed by atoms with van der Waals surface area (Å²) in [6.45, 7) is 2.59. The molecule has 2 amide bonds. The molecule has 142 valence electrons. The molecule has 0 bridgehead atoms. The van der Waals surface area contributed by atoms with Gasteiger partial charge in [0.15, 0.2) is 0 Å². The molecular weight excluding hydrogens is 370 g/mol. The van der Waals surface area contributed by atoms with Crippen LogP contribution in [-0.4, -0.2) is 23.3 Å². The summed E-state index contributed by atoms with van der Waals surface area (Å²) in [7, 11) is 0. The lowest BCUT2D eigenvalue weighted by Crippen LogP contribution is -2.23. The van der Waals surface area contributed by atoms with E-state index in [9.17, 15) is 9.59 Å². The average molecular weight is 391 g/mol. The third kappa shape index (κ3) is 3.97. The second kappa shape index (κ2) is 7.94. The molecule has 28 heavy (non-hydrogen) atoms. The molecule has 5 nitrogen and oxygen atoms in total. The lowest BCUT2D eigenvalue weighted by Gasteiger charge is -2.16. The summed E-state index contributed by atoms with van der Waals surface area (Å²) in [6, 6.07) is 17.5. The van der Waals surface area contributed by atoms with E-state index in [0.29, 0.717) is 23.4 Å². The smallest absolute Gasteiger partial charge is 0.267 e. The predicted molar refractivity (Wildman–Crippen MR) is 112 cm³/mol. The van der Waals surface area contributed by atoms with E-state index in [2.05, 4.69) is 22.4 Å². The van der Waals surface area contributed by atoms with Gasteiger partial charge in [0.2, 0.25) is 5.91 Å². The number of aryl methyl sites for hydroxylation is 1. The number of carbonyl (C=O) groups is 2. The quantitative estimate of drug-likeness (QED) is 0.700. The van der Waals surface area contributed by atoms with Gasteiger partial charge >= 0.3 is 0 Å². The van der Waals surface area contributed by atoms with Crippen LogP contribution in [0.2, 0.25) is 0 Å². The molecule has 0 atom stereocenters. The van der Waals surface area contributed by atoms with Crippen molar-refractivity contribution in [2.75, 3.05) is 16.8 Å². The minimum atomic E-state index is -0.167. The van der Waals surface area contributed by atoms with Crippen molar-refractivity contribution in [1.82, 2.24) is 4.98 Å². The van der Waals surface area contributed by atoms with E-state index in [0.717, 1.165) is 29.4 Å². The number of nitrogens with one attached hydrogen (secondary N) is 1. The molecule has 4 rings (SSSR count). The summed E-state index contributed by atoms with van der Waals surface area (Å²) in [4.78, 5) is 31.7. The van der Waals surface area contributed by atoms with Crippen LogP contribution < -0.4 is 10.2 Å². The van der Waals surface area contributed by atoms with E-state index >= 15 is 0 Å². The molecule has 2 aromatic carbocycles. The molecule has 0 unspecified atom stereocenters. The number of aromatic nitrogens is 1. The fourth-order valence-electron chi connectivity index (χ4n) is 3.37. The van der Waals surface area contributed by atoms with Gasteiger partial charge < -0.3 is 10.2 Å². The van der Waals surface area contributed by atoms with E-state index in [4.69, 9.17) is 0 Å². The van der Waals surface area contributed by atoms with Crippen LogP contribution in [0, 0.1) is 6.92 Å². The highest BCUT2D eigenvalue weighted by molar-refractivity contribution is 7.14. The van der Waals surface area contributed by atoms with Crippen LogP contribution >= 0.6 is 11.3 Å². The maximum absolute atomic E-state index is 12.8. The van der Waals surface area contributed by atoms with Crippen molar-refractivity contribution in [3.63, 3.8) is 0 Å². The molecule has 2 heterocycles. The summed E-state index contributed by atoms with van der Waals surface area (Å²) >= 11 is 1.42. The van der Waals surface area contributed by atoms with Crippen molar-refractivity contribution < 1.29 is 9.59 Å². The monoisotopic (exact) mass is 391 g/mol. The van der Waals surface area contributed by atoms with Crippen molar-refractivity contribution in [2.24, 2.45) is 0 Å². The second-order valence-corrected chi connectivity index (χ2v) is 7.92. The first kappa shape index (κ1) is 18.4. The Hall–Kier alpha value is -2.99. The average Bonchev–Trinajstić information content (AvgIpc) is 3.28. The molecule has 1 saturated heterocycles. The molecule has 1 aliphatic heterocycles. The van der Waals surface area contributed by atoms with Gasteiger partial charge in [0.25, 0.3) is 5.91 Å². The molecule has 0 saturated carbocycles. The highest BCUT2D eigenvalue weighted by Gasteiger charge is 2.22. The zero-order valence-corrected chi connectivity index (χ0v) is 16.5. The standard InChI is InChI=1S/C22H21N3O2S/c1-15-21(28-19(23-15)13-16-7-3-2-4-8-16)22(27)24-17-9-5-10-18(14-17)25-12-6-11-20(25)26/h2-5,7-10,14H,6,11-13H2,1H3,(H,24,27). The van der Waals surface area contributed by atoms with Crippen LogP contribution in [0.1, 0.15) is 38.8 Å². The van der Waals surface area contributed by atoms with E-state index in [-0.39, 0.29) is 11.8 Å². The van der Waals surface area contributed by atoms with Crippen molar-refractivity contribution >= 4 is 34.5 Å². The zero-order valence-electron chi connectivity index (χ0n) is 15.6. The minimum absolute atomic E-state index is 0.132. The Labute approximate surface area is 168 Å². The van der Waals surface area contributed by atoms with Crippen molar-refractivity contribution in [2.45, 2.75) is 26.2 Å². The molecule has 0 spiro atoms. The van der Waals surface area contributed by atoms with Gasteiger partial charge in [0.1, 0.15) is 4.88 Å². The Morgan fingerprint density at radius 1 is 1.18 bits per heavy atom. The van der Waals surface area contributed by atoms with E-state index in [1.54, 1.807) is 4.90 Å². The van der Waals surface area contributed by atoms with Crippen LogP contribution in [0.4, 0.5) is 11.4 Å². The highest BCUT2D eigenvalue weighted by Crippen LogP contribution is 2.26. The van der Waals surface area contributed by atoms with Gasteiger partial charge in [0, 0.05) is 30.8 Å². The molecule has 0 aliphatic carbocycles. The maximum Gasteiger partial charge on any atom is 0.267 e. The van der Waals surface area contributed by atoms with Gasteiger partial charge in [-0.3, -0.25) is 9.59 Å². The summed E-state index contributed by atoms with van der Waals surface area (Å²) in [5.41, 5.74) is 3.41. The lowest BCUT2D eigenvalue weighted by atomic mass is 10.2. The zero-order chi connectivity index (χ0) is 19.5. The van der Waals surface area contributed by atoms with Gasteiger partial charge in [-0.2, -0.15) is 0 Å². The topological polar surface area (TPSA) is 62.3 Å². The van der Waals surface area contributed by atoms with Gasteiger partial charge in [-0.1, -0.05) is 36.4 Å². The molecule has 1 aromatic heterocycles. The normalized spacial score (nSPS) is 13.8. The fraction of sp³-hybridized carbons (Fsp3) is 0.227. The van der Waals surface area contributed by atoms with Crippen molar-refractivity contribution in [1.29, 1.82) is 0 Å². The highest BCUT2D eigenvalue weighted by atomic mass is 32.1. The summed E-state index contributed by atoms with van der Waals surface area (Å²) in [5, 5.41) is 3.87. The van der Waals surface area contributed by atoms with Crippen LogP contribution in [0.3, 0.4) is 0 Å². The van der Waals surface area contributed by atoms with Crippen molar-refractivity contribution in [3.8, 4) is 0 Å². The maximum atomic E-state index is 12.8. The lowest BCUT2D eigenvalue weighted by molar-refractivity contribution is -0.117. The largest absolute Gasteiger partial charge is 0.321 e. The summed E-state index contributed by atoms with van der Waals surface area (Å²) < 4.78 is 0.